The van der Waals surface area contributed by atoms with Crippen molar-refractivity contribution in [2.45, 2.75) is 45.1 Å². The van der Waals surface area contributed by atoms with Crippen molar-refractivity contribution in [1.82, 2.24) is 9.88 Å². The van der Waals surface area contributed by atoms with Gasteiger partial charge >= 0.3 is 0 Å². The van der Waals surface area contributed by atoms with Crippen LogP contribution in [0.15, 0.2) is 12.3 Å². The number of aromatic nitrogens is 1. The van der Waals surface area contributed by atoms with Gasteiger partial charge in [0.15, 0.2) is 0 Å². The average molecular weight is 261 g/mol. The topological polar surface area (TPSA) is 60.1 Å². The summed E-state index contributed by atoms with van der Waals surface area (Å²) in [4.78, 5) is 12.3. The van der Waals surface area contributed by atoms with Crippen LogP contribution in [0.1, 0.15) is 55.6 Å². The molecule has 2 aliphatic carbocycles. The van der Waals surface area contributed by atoms with Gasteiger partial charge in [-0.15, -0.1) is 0 Å². The van der Waals surface area contributed by atoms with Crippen LogP contribution in [0.3, 0.4) is 0 Å². The molecule has 1 amide bonds. The second-order valence-corrected chi connectivity index (χ2v) is 6.29. The van der Waals surface area contributed by atoms with Crippen LogP contribution in [-0.2, 0) is 0 Å². The van der Waals surface area contributed by atoms with Gasteiger partial charge in [0.1, 0.15) is 5.69 Å². The SMILES string of the molecule is CC1CCC(CNC(=O)c2cc(N)cn2C2CC2)C1. The first-order valence-electron chi connectivity index (χ1n) is 7.39. The van der Waals surface area contributed by atoms with Crippen LogP contribution in [0.5, 0.6) is 0 Å². The Morgan fingerprint density at radius 3 is 2.84 bits per heavy atom. The Morgan fingerprint density at radius 1 is 1.42 bits per heavy atom. The molecule has 0 spiro atoms. The van der Waals surface area contributed by atoms with Crippen LogP contribution >= 0.6 is 0 Å². The standard InChI is InChI=1S/C15H23N3O/c1-10-2-3-11(6-10)8-17-15(19)14-7-12(16)9-18(14)13-4-5-13/h7,9-11,13H,2-6,8,16H2,1H3,(H,17,19). The molecule has 1 aromatic heterocycles. The molecule has 1 aromatic rings. The minimum Gasteiger partial charge on any atom is -0.397 e. The quantitative estimate of drug-likeness (QED) is 0.875. The molecule has 2 saturated carbocycles. The molecular formula is C15H23N3O. The van der Waals surface area contributed by atoms with E-state index in [9.17, 15) is 4.79 Å². The summed E-state index contributed by atoms with van der Waals surface area (Å²) in [6.45, 7) is 3.10. The summed E-state index contributed by atoms with van der Waals surface area (Å²) >= 11 is 0. The van der Waals surface area contributed by atoms with Crippen LogP contribution in [0.4, 0.5) is 5.69 Å². The van der Waals surface area contributed by atoms with E-state index in [0.29, 0.717) is 17.6 Å². The number of anilines is 1. The maximum absolute atomic E-state index is 12.3. The number of nitrogen functional groups attached to an aromatic ring is 1. The summed E-state index contributed by atoms with van der Waals surface area (Å²) in [5, 5.41) is 3.08. The van der Waals surface area contributed by atoms with Crippen molar-refractivity contribution in [3.8, 4) is 0 Å². The second kappa shape index (κ2) is 4.91. The van der Waals surface area contributed by atoms with Gasteiger partial charge in [-0.1, -0.05) is 13.3 Å². The van der Waals surface area contributed by atoms with Gasteiger partial charge in [-0.2, -0.15) is 0 Å². The molecule has 0 saturated heterocycles. The molecule has 0 radical (unpaired) electrons. The van der Waals surface area contributed by atoms with Gasteiger partial charge in [-0.25, -0.2) is 0 Å². The fourth-order valence-corrected chi connectivity index (χ4v) is 3.18. The molecular weight excluding hydrogens is 238 g/mol. The molecule has 4 heteroatoms. The van der Waals surface area contributed by atoms with Gasteiger partial charge in [0, 0.05) is 18.8 Å². The van der Waals surface area contributed by atoms with Crippen molar-refractivity contribution in [3.05, 3.63) is 18.0 Å². The van der Waals surface area contributed by atoms with Gasteiger partial charge < -0.3 is 15.6 Å². The smallest absolute Gasteiger partial charge is 0.268 e. The number of rotatable bonds is 4. The zero-order valence-corrected chi connectivity index (χ0v) is 11.6. The molecule has 2 fully saturated rings. The predicted octanol–water partition coefficient (Wildman–Crippen LogP) is 2.57. The second-order valence-electron chi connectivity index (χ2n) is 6.29. The Labute approximate surface area is 114 Å². The third-order valence-electron chi connectivity index (χ3n) is 4.40. The Kier molecular flexibility index (Phi) is 3.25. The molecule has 104 valence electrons. The third kappa shape index (κ3) is 2.77. The lowest BCUT2D eigenvalue weighted by Crippen LogP contribution is -2.30. The molecule has 0 aliphatic heterocycles. The summed E-state index contributed by atoms with van der Waals surface area (Å²) in [7, 11) is 0. The fourth-order valence-electron chi connectivity index (χ4n) is 3.18. The van der Waals surface area contributed by atoms with Crippen molar-refractivity contribution in [2.75, 3.05) is 12.3 Å². The predicted molar refractivity (Wildman–Crippen MR) is 76.0 cm³/mol. The Morgan fingerprint density at radius 2 is 2.21 bits per heavy atom. The lowest BCUT2D eigenvalue weighted by Gasteiger charge is -2.12. The number of carbonyl (C=O) groups excluding carboxylic acids is 1. The van der Waals surface area contributed by atoms with E-state index in [1.54, 1.807) is 6.07 Å². The molecule has 0 bridgehead atoms. The first kappa shape index (κ1) is 12.6. The molecule has 2 aliphatic rings. The highest BCUT2D eigenvalue weighted by Crippen LogP contribution is 2.37. The van der Waals surface area contributed by atoms with E-state index in [1.165, 1.54) is 19.3 Å². The average Bonchev–Trinajstić information content (AvgIpc) is 3.03. The summed E-state index contributed by atoms with van der Waals surface area (Å²) in [6.07, 6.45) is 8.00. The van der Waals surface area contributed by atoms with E-state index in [1.807, 2.05) is 10.8 Å². The first-order chi connectivity index (χ1) is 9.13. The first-order valence-corrected chi connectivity index (χ1v) is 7.39. The van der Waals surface area contributed by atoms with Gasteiger partial charge in [0.05, 0.1) is 5.69 Å². The number of hydrogen-bond acceptors (Lipinski definition) is 2. The van der Waals surface area contributed by atoms with E-state index >= 15 is 0 Å². The normalized spacial score (nSPS) is 26.6. The maximum Gasteiger partial charge on any atom is 0.268 e. The van der Waals surface area contributed by atoms with Gasteiger partial charge in [0.25, 0.3) is 5.91 Å². The van der Waals surface area contributed by atoms with Gasteiger partial charge in [0.2, 0.25) is 0 Å². The fraction of sp³-hybridized carbons (Fsp3) is 0.667. The lowest BCUT2D eigenvalue weighted by molar-refractivity contribution is 0.0937. The maximum atomic E-state index is 12.3. The summed E-state index contributed by atoms with van der Waals surface area (Å²) in [5.41, 5.74) is 7.23. The molecule has 0 aromatic carbocycles. The van der Waals surface area contributed by atoms with Crippen LogP contribution < -0.4 is 11.1 Å². The summed E-state index contributed by atoms with van der Waals surface area (Å²) in [6, 6.07) is 2.29. The van der Waals surface area contributed by atoms with E-state index in [0.717, 1.165) is 31.0 Å². The number of carbonyl (C=O) groups is 1. The molecule has 3 N–H and O–H groups in total. The highest BCUT2D eigenvalue weighted by molar-refractivity contribution is 5.93. The Bertz CT molecular complexity index is 476. The van der Waals surface area contributed by atoms with Gasteiger partial charge in [-0.05, 0) is 43.6 Å². The minimum atomic E-state index is 0.0307. The molecule has 3 rings (SSSR count). The van der Waals surface area contributed by atoms with Crippen molar-refractivity contribution in [1.29, 1.82) is 0 Å². The number of amides is 1. The number of nitrogens with zero attached hydrogens (tertiary/aromatic N) is 1. The highest BCUT2D eigenvalue weighted by atomic mass is 16.1. The zero-order chi connectivity index (χ0) is 13.4. The number of nitrogens with one attached hydrogen (secondary N) is 1. The number of hydrogen-bond donors (Lipinski definition) is 2. The molecule has 1 heterocycles. The van der Waals surface area contributed by atoms with E-state index in [-0.39, 0.29) is 5.91 Å². The van der Waals surface area contributed by atoms with E-state index in [4.69, 9.17) is 5.73 Å². The van der Waals surface area contributed by atoms with Crippen molar-refractivity contribution in [3.63, 3.8) is 0 Å². The summed E-state index contributed by atoms with van der Waals surface area (Å²) in [5.74, 6) is 1.50. The van der Waals surface area contributed by atoms with Crippen molar-refractivity contribution >= 4 is 11.6 Å². The minimum absolute atomic E-state index is 0.0307. The molecule has 2 unspecified atom stereocenters. The highest BCUT2D eigenvalue weighted by Gasteiger charge is 2.28. The molecule has 4 nitrogen and oxygen atoms in total. The number of nitrogens with two attached hydrogens (primary N) is 1. The van der Waals surface area contributed by atoms with Crippen LogP contribution in [0.2, 0.25) is 0 Å². The van der Waals surface area contributed by atoms with Crippen molar-refractivity contribution < 1.29 is 4.79 Å². The van der Waals surface area contributed by atoms with E-state index < -0.39 is 0 Å². The lowest BCUT2D eigenvalue weighted by atomic mass is 10.1. The largest absolute Gasteiger partial charge is 0.397 e. The van der Waals surface area contributed by atoms with Crippen LogP contribution in [-0.4, -0.2) is 17.0 Å². The molecule has 19 heavy (non-hydrogen) atoms. The molecule has 2 atom stereocenters. The van der Waals surface area contributed by atoms with Gasteiger partial charge in [-0.3, -0.25) is 4.79 Å². The van der Waals surface area contributed by atoms with E-state index in [2.05, 4.69) is 12.2 Å². The Balaban J connectivity index is 1.60. The van der Waals surface area contributed by atoms with Crippen molar-refractivity contribution in [2.24, 2.45) is 11.8 Å². The summed E-state index contributed by atoms with van der Waals surface area (Å²) < 4.78 is 2.04. The third-order valence-corrected chi connectivity index (χ3v) is 4.40. The van der Waals surface area contributed by atoms with Crippen LogP contribution in [0.25, 0.3) is 0 Å². The van der Waals surface area contributed by atoms with Crippen LogP contribution in [0, 0.1) is 11.8 Å². The Hall–Kier alpha value is -1.45. The zero-order valence-electron chi connectivity index (χ0n) is 11.6. The monoisotopic (exact) mass is 261 g/mol.